The topological polar surface area (TPSA) is 123 Å². The molecule has 1 atom stereocenters. The third-order valence-electron chi connectivity index (χ3n) is 5.76. The highest BCUT2D eigenvalue weighted by Gasteiger charge is 2.23. The first-order valence-electron chi connectivity index (χ1n) is 11.4. The molecule has 1 heterocycles. The van der Waals surface area contributed by atoms with Gasteiger partial charge in [0.05, 0.1) is 26.0 Å². The number of ether oxygens (including phenoxy) is 2. The molecule has 0 saturated heterocycles. The number of methoxy groups -OCH3 is 2. The molecule has 0 fully saturated rings. The fourth-order valence-corrected chi connectivity index (χ4v) is 3.98. The SMILES string of the molecule is COc1cc2c(OC)cccc2cc1C(=O)N[C@@H](CCCNC(=O)O)c1ncc(-c2ccccc2)o1. The van der Waals surface area contributed by atoms with Gasteiger partial charge in [-0.05, 0) is 36.4 Å². The van der Waals surface area contributed by atoms with Crippen LogP contribution in [0.5, 0.6) is 11.5 Å². The van der Waals surface area contributed by atoms with Gasteiger partial charge in [0.1, 0.15) is 17.5 Å². The summed E-state index contributed by atoms with van der Waals surface area (Å²) in [4.78, 5) is 28.7. The van der Waals surface area contributed by atoms with E-state index in [9.17, 15) is 9.59 Å². The lowest BCUT2D eigenvalue weighted by molar-refractivity contribution is 0.0924. The van der Waals surface area contributed by atoms with Crippen LogP contribution in [0.2, 0.25) is 0 Å². The van der Waals surface area contributed by atoms with E-state index in [2.05, 4.69) is 15.6 Å². The third kappa shape index (κ3) is 5.57. The zero-order chi connectivity index (χ0) is 25.5. The van der Waals surface area contributed by atoms with Gasteiger partial charge in [-0.2, -0.15) is 0 Å². The number of amides is 2. The van der Waals surface area contributed by atoms with Crippen LogP contribution in [0.25, 0.3) is 22.1 Å². The molecule has 0 saturated carbocycles. The average Bonchev–Trinajstić information content (AvgIpc) is 3.39. The van der Waals surface area contributed by atoms with Crippen molar-refractivity contribution in [2.75, 3.05) is 20.8 Å². The summed E-state index contributed by atoms with van der Waals surface area (Å²) in [5.41, 5.74) is 1.21. The van der Waals surface area contributed by atoms with Crippen LogP contribution in [0.15, 0.2) is 71.3 Å². The third-order valence-corrected chi connectivity index (χ3v) is 5.76. The molecule has 9 heteroatoms. The number of carbonyl (C=O) groups excluding carboxylic acids is 1. The van der Waals surface area contributed by atoms with Crippen LogP contribution in [-0.4, -0.2) is 42.9 Å². The van der Waals surface area contributed by atoms with Crippen molar-refractivity contribution in [3.8, 4) is 22.8 Å². The predicted octanol–water partition coefficient (Wildman–Crippen LogP) is 5.03. The molecule has 186 valence electrons. The Morgan fingerprint density at radius 1 is 1.03 bits per heavy atom. The summed E-state index contributed by atoms with van der Waals surface area (Å²) in [6, 6.07) is 18.0. The van der Waals surface area contributed by atoms with Gasteiger partial charge in [-0.1, -0.05) is 42.5 Å². The lowest BCUT2D eigenvalue weighted by Crippen LogP contribution is -2.30. The summed E-state index contributed by atoms with van der Waals surface area (Å²) in [7, 11) is 3.09. The molecule has 0 aliphatic rings. The molecular weight excluding hydrogens is 462 g/mol. The van der Waals surface area contributed by atoms with Crippen molar-refractivity contribution in [2.45, 2.75) is 18.9 Å². The molecule has 0 aliphatic heterocycles. The van der Waals surface area contributed by atoms with Crippen LogP contribution in [0.3, 0.4) is 0 Å². The van der Waals surface area contributed by atoms with E-state index in [0.29, 0.717) is 41.6 Å². The van der Waals surface area contributed by atoms with E-state index in [1.807, 2.05) is 48.5 Å². The second kappa shape index (κ2) is 11.3. The van der Waals surface area contributed by atoms with E-state index >= 15 is 0 Å². The van der Waals surface area contributed by atoms with Gasteiger partial charge in [-0.25, -0.2) is 9.78 Å². The molecule has 3 N–H and O–H groups in total. The van der Waals surface area contributed by atoms with Gasteiger partial charge in [0.15, 0.2) is 5.76 Å². The maximum Gasteiger partial charge on any atom is 0.404 e. The second-order valence-corrected chi connectivity index (χ2v) is 8.06. The Kier molecular flexibility index (Phi) is 7.69. The number of fused-ring (bicyclic) bond motifs is 1. The second-order valence-electron chi connectivity index (χ2n) is 8.06. The van der Waals surface area contributed by atoms with Crippen LogP contribution in [0.4, 0.5) is 4.79 Å². The molecule has 4 rings (SSSR count). The van der Waals surface area contributed by atoms with Gasteiger partial charge >= 0.3 is 6.09 Å². The van der Waals surface area contributed by atoms with Crippen molar-refractivity contribution in [3.63, 3.8) is 0 Å². The Labute approximate surface area is 208 Å². The van der Waals surface area contributed by atoms with Crippen LogP contribution < -0.4 is 20.1 Å². The van der Waals surface area contributed by atoms with Crippen molar-refractivity contribution in [1.82, 2.24) is 15.6 Å². The first-order valence-corrected chi connectivity index (χ1v) is 11.4. The number of oxazole rings is 1. The van der Waals surface area contributed by atoms with Crippen LogP contribution in [0.1, 0.15) is 35.1 Å². The number of benzene rings is 3. The maximum absolute atomic E-state index is 13.4. The summed E-state index contributed by atoms with van der Waals surface area (Å²) >= 11 is 0. The summed E-state index contributed by atoms with van der Waals surface area (Å²) < 4.78 is 16.9. The number of hydrogen-bond donors (Lipinski definition) is 3. The average molecular weight is 490 g/mol. The lowest BCUT2D eigenvalue weighted by Gasteiger charge is -2.18. The molecule has 4 aromatic rings. The number of carboxylic acid groups (broad SMARTS) is 1. The highest BCUT2D eigenvalue weighted by Crippen LogP contribution is 2.33. The van der Waals surface area contributed by atoms with Crippen LogP contribution >= 0.6 is 0 Å². The Balaban J connectivity index is 1.62. The Morgan fingerprint density at radius 3 is 2.53 bits per heavy atom. The molecular formula is C27H27N3O6. The molecule has 0 bridgehead atoms. The Bertz CT molecular complexity index is 1350. The van der Waals surface area contributed by atoms with E-state index in [4.69, 9.17) is 19.0 Å². The van der Waals surface area contributed by atoms with Gasteiger partial charge < -0.3 is 29.6 Å². The number of hydrogen-bond acceptors (Lipinski definition) is 6. The van der Waals surface area contributed by atoms with Gasteiger partial charge in [0.25, 0.3) is 5.91 Å². The van der Waals surface area contributed by atoms with Crippen LogP contribution in [-0.2, 0) is 0 Å². The van der Waals surface area contributed by atoms with Gasteiger partial charge in [0.2, 0.25) is 5.89 Å². The molecule has 0 spiro atoms. The monoisotopic (exact) mass is 489 g/mol. The highest BCUT2D eigenvalue weighted by atomic mass is 16.5. The Hall–Kier alpha value is -4.53. The first-order chi connectivity index (χ1) is 17.5. The van der Waals surface area contributed by atoms with Crippen molar-refractivity contribution in [2.24, 2.45) is 0 Å². The number of rotatable bonds is 10. The summed E-state index contributed by atoms with van der Waals surface area (Å²) in [6.07, 6.45) is 1.38. The van der Waals surface area contributed by atoms with Gasteiger partial charge in [-0.3, -0.25) is 4.79 Å². The van der Waals surface area contributed by atoms with Crippen LogP contribution in [0, 0.1) is 0 Å². The lowest BCUT2D eigenvalue weighted by atomic mass is 10.0. The summed E-state index contributed by atoms with van der Waals surface area (Å²) in [6.45, 7) is 0.229. The molecule has 0 aliphatic carbocycles. The molecule has 1 aromatic heterocycles. The minimum atomic E-state index is -1.10. The van der Waals surface area contributed by atoms with Crippen molar-refractivity contribution < 1.29 is 28.6 Å². The van der Waals surface area contributed by atoms with E-state index in [1.54, 1.807) is 25.4 Å². The minimum Gasteiger partial charge on any atom is -0.496 e. The van der Waals surface area contributed by atoms with Crippen molar-refractivity contribution in [1.29, 1.82) is 0 Å². The molecule has 0 radical (unpaired) electrons. The predicted molar refractivity (Wildman–Crippen MR) is 134 cm³/mol. The Morgan fingerprint density at radius 2 is 1.81 bits per heavy atom. The number of nitrogens with one attached hydrogen (secondary N) is 2. The number of carbonyl (C=O) groups is 2. The van der Waals surface area contributed by atoms with E-state index in [1.165, 1.54) is 7.11 Å². The maximum atomic E-state index is 13.4. The van der Waals surface area contributed by atoms with E-state index in [0.717, 1.165) is 16.3 Å². The van der Waals surface area contributed by atoms with E-state index in [-0.39, 0.29) is 12.5 Å². The minimum absolute atomic E-state index is 0.229. The number of aromatic nitrogens is 1. The molecule has 2 amide bonds. The molecule has 36 heavy (non-hydrogen) atoms. The van der Waals surface area contributed by atoms with Crippen molar-refractivity contribution >= 4 is 22.8 Å². The molecule has 9 nitrogen and oxygen atoms in total. The van der Waals surface area contributed by atoms with Gasteiger partial charge in [0, 0.05) is 17.5 Å². The summed E-state index contributed by atoms with van der Waals surface area (Å²) in [5.74, 6) is 1.61. The van der Waals surface area contributed by atoms with E-state index < -0.39 is 12.1 Å². The highest BCUT2D eigenvalue weighted by molar-refractivity contribution is 6.03. The fourth-order valence-electron chi connectivity index (χ4n) is 3.98. The fraction of sp³-hybridized carbons (Fsp3) is 0.222. The smallest absolute Gasteiger partial charge is 0.404 e. The van der Waals surface area contributed by atoms with Gasteiger partial charge in [-0.15, -0.1) is 0 Å². The first kappa shape index (κ1) is 24.6. The normalized spacial score (nSPS) is 11.6. The summed E-state index contributed by atoms with van der Waals surface area (Å²) in [5, 5.41) is 15.8. The quantitative estimate of drug-likeness (QED) is 0.267. The molecule has 3 aromatic carbocycles. The zero-order valence-corrected chi connectivity index (χ0v) is 20.0. The molecule has 0 unspecified atom stereocenters. The standard InChI is InChI=1S/C27H27N3O6/c1-34-22-12-6-10-18-14-20(23(35-2)15-19(18)22)25(31)30-21(11-7-13-28-27(32)33)26-29-16-24(36-26)17-8-4-3-5-9-17/h3-6,8-10,12,14-16,21,28H,7,11,13H2,1-2H3,(H,30,31)(H,32,33)/t21-/m0/s1. The number of nitrogens with zero attached hydrogens (tertiary/aromatic N) is 1. The largest absolute Gasteiger partial charge is 0.496 e. The zero-order valence-electron chi connectivity index (χ0n) is 20.0. The van der Waals surface area contributed by atoms with Crippen molar-refractivity contribution in [3.05, 3.63) is 78.3 Å².